The van der Waals surface area contributed by atoms with Crippen LogP contribution in [0.15, 0.2) is 84.0 Å². The summed E-state index contributed by atoms with van der Waals surface area (Å²) in [5.41, 5.74) is 2.65. The van der Waals surface area contributed by atoms with Crippen LogP contribution >= 0.6 is 11.8 Å². The number of amides is 1. The second-order valence-electron chi connectivity index (χ2n) is 8.34. The average Bonchev–Trinajstić information content (AvgIpc) is 3.29. The van der Waals surface area contributed by atoms with Gasteiger partial charge in [-0.05, 0) is 66.9 Å². The maximum atomic E-state index is 13.1. The van der Waals surface area contributed by atoms with Crippen LogP contribution < -0.4 is 10.1 Å². The summed E-state index contributed by atoms with van der Waals surface area (Å²) in [5.74, 6) is 1.37. The van der Waals surface area contributed by atoms with Gasteiger partial charge in [-0.25, -0.2) is 4.39 Å². The highest BCUT2D eigenvalue weighted by Gasteiger charge is 2.21. The lowest BCUT2D eigenvalue weighted by Gasteiger charge is -2.17. The zero-order valence-corrected chi connectivity index (χ0v) is 20.6. The predicted molar refractivity (Wildman–Crippen MR) is 137 cm³/mol. The largest absolute Gasteiger partial charge is 0.483 e. The highest BCUT2D eigenvalue weighted by atomic mass is 32.2. The standard InChI is InChI=1S/C27H27FN4O2S/c1-18(2)20-9-15-24(16-10-20)34-19(3)26-30-31-27(32(26)23-7-5-4-6-8-23)35-17-25(33)29-22-13-11-21(28)12-14-22/h4-16,18-19H,17H2,1-3H3,(H,29,33). The van der Waals surface area contributed by atoms with E-state index in [-0.39, 0.29) is 23.6 Å². The monoisotopic (exact) mass is 490 g/mol. The fraction of sp³-hybridized carbons (Fsp3) is 0.222. The van der Waals surface area contributed by atoms with Gasteiger partial charge in [0.2, 0.25) is 5.91 Å². The summed E-state index contributed by atoms with van der Waals surface area (Å²) in [4.78, 5) is 12.5. The van der Waals surface area contributed by atoms with Crippen molar-refractivity contribution in [3.05, 3.63) is 96.1 Å². The number of halogens is 1. The number of benzene rings is 3. The van der Waals surface area contributed by atoms with Gasteiger partial charge in [-0.15, -0.1) is 10.2 Å². The molecule has 1 unspecified atom stereocenters. The van der Waals surface area contributed by atoms with Crippen LogP contribution in [0.2, 0.25) is 0 Å². The lowest BCUT2D eigenvalue weighted by Crippen LogP contribution is -2.15. The van der Waals surface area contributed by atoms with Crippen LogP contribution in [0.3, 0.4) is 0 Å². The van der Waals surface area contributed by atoms with Gasteiger partial charge < -0.3 is 10.1 Å². The number of carbonyl (C=O) groups excluding carboxylic acids is 1. The molecule has 0 radical (unpaired) electrons. The second kappa shape index (κ2) is 11.2. The Hall–Kier alpha value is -3.65. The van der Waals surface area contributed by atoms with Gasteiger partial charge in [0.25, 0.3) is 0 Å². The maximum absolute atomic E-state index is 13.1. The quantitative estimate of drug-likeness (QED) is 0.275. The molecule has 0 spiro atoms. The first-order valence-corrected chi connectivity index (χ1v) is 12.3. The second-order valence-corrected chi connectivity index (χ2v) is 9.28. The number of anilines is 1. The molecule has 0 saturated carbocycles. The lowest BCUT2D eigenvalue weighted by atomic mass is 10.0. The first-order valence-electron chi connectivity index (χ1n) is 11.4. The Bertz CT molecular complexity index is 1260. The van der Waals surface area contributed by atoms with E-state index in [0.717, 1.165) is 11.4 Å². The molecule has 4 aromatic rings. The molecule has 0 bridgehead atoms. The van der Waals surface area contributed by atoms with Crippen molar-refractivity contribution in [3.8, 4) is 11.4 Å². The minimum absolute atomic E-state index is 0.119. The normalized spacial score (nSPS) is 11.9. The van der Waals surface area contributed by atoms with Crippen LogP contribution in [0.1, 0.15) is 44.2 Å². The number of nitrogens with one attached hydrogen (secondary N) is 1. The SMILES string of the molecule is CC(C)c1ccc(OC(C)c2nnc(SCC(=O)Nc3ccc(F)cc3)n2-c2ccccc2)cc1. The molecule has 35 heavy (non-hydrogen) atoms. The van der Waals surface area contributed by atoms with Crippen molar-refractivity contribution in [2.24, 2.45) is 0 Å². The van der Waals surface area contributed by atoms with Crippen molar-refractivity contribution in [1.82, 2.24) is 14.8 Å². The molecule has 8 heteroatoms. The molecule has 3 aromatic carbocycles. The Balaban J connectivity index is 1.51. The molecule has 4 rings (SSSR count). The maximum Gasteiger partial charge on any atom is 0.234 e. The van der Waals surface area contributed by atoms with E-state index in [2.05, 4.69) is 41.5 Å². The van der Waals surface area contributed by atoms with E-state index in [1.807, 2.05) is 54.0 Å². The molecule has 1 heterocycles. The first-order chi connectivity index (χ1) is 16.9. The van der Waals surface area contributed by atoms with Crippen molar-refractivity contribution in [2.45, 2.75) is 37.9 Å². The fourth-order valence-corrected chi connectivity index (χ4v) is 4.27. The van der Waals surface area contributed by atoms with E-state index in [1.165, 1.54) is 41.6 Å². The summed E-state index contributed by atoms with van der Waals surface area (Å²) in [6.07, 6.45) is -0.380. The zero-order valence-electron chi connectivity index (χ0n) is 19.8. The molecule has 180 valence electrons. The Morgan fingerprint density at radius 3 is 2.31 bits per heavy atom. The number of hydrogen-bond acceptors (Lipinski definition) is 5. The Labute approximate surface area is 208 Å². The number of nitrogens with zero attached hydrogens (tertiary/aromatic N) is 3. The number of carbonyl (C=O) groups is 1. The molecule has 0 saturated heterocycles. The van der Waals surface area contributed by atoms with Gasteiger partial charge in [0.1, 0.15) is 11.6 Å². The smallest absolute Gasteiger partial charge is 0.234 e. The molecule has 0 aliphatic carbocycles. The highest BCUT2D eigenvalue weighted by molar-refractivity contribution is 7.99. The van der Waals surface area contributed by atoms with Gasteiger partial charge in [0.05, 0.1) is 5.75 Å². The Kier molecular flexibility index (Phi) is 7.82. The van der Waals surface area contributed by atoms with E-state index in [0.29, 0.717) is 22.6 Å². The molecular weight excluding hydrogens is 463 g/mol. The van der Waals surface area contributed by atoms with Crippen molar-refractivity contribution in [1.29, 1.82) is 0 Å². The van der Waals surface area contributed by atoms with Gasteiger partial charge in [0, 0.05) is 11.4 Å². The van der Waals surface area contributed by atoms with Gasteiger partial charge in [0.15, 0.2) is 17.1 Å². The van der Waals surface area contributed by atoms with Crippen molar-refractivity contribution >= 4 is 23.4 Å². The lowest BCUT2D eigenvalue weighted by molar-refractivity contribution is -0.113. The molecular formula is C27H27FN4O2S. The van der Waals surface area contributed by atoms with Crippen molar-refractivity contribution in [2.75, 3.05) is 11.1 Å². The van der Waals surface area contributed by atoms with Crippen LogP contribution in [0, 0.1) is 5.82 Å². The topological polar surface area (TPSA) is 69.0 Å². The third-order valence-electron chi connectivity index (χ3n) is 5.36. The summed E-state index contributed by atoms with van der Waals surface area (Å²) in [7, 11) is 0. The third kappa shape index (κ3) is 6.27. The van der Waals surface area contributed by atoms with E-state index in [4.69, 9.17) is 4.74 Å². The van der Waals surface area contributed by atoms with Crippen LogP contribution in [-0.2, 0) is 4.79 Å². The van der Waals surface area contributed by atoms with Gasteiger partial charge in [-0.2, -0.15) is 0 Å². The molecule has 0 aliphatic rings. The summed E-state index contributed by atoms with van der Waals surface area (Å²) in [5, 5.41) is 12.1. The average molecular weight is 491 g/mol. The molecule has 1 atom stereocenters. The van der Waals surface area contributed by atoms with Crippen molar-refractivity contribution < 1.29 is 13.9 Å². The van der Waals surface area contributed by atoms with Gasteiger partial charge in [-0.3, -0.25) is 9.36 Å². The van der Waals surface area contributed by atoms with E-state index >= 15 is 0 Å². The van der Waals surface area contributed by atoms with Crippen LogP contribution in [0.5, 0.6) is 5.75 Å². The van der Waals surface area contributed by atoms with Crippen LogP contribution in [0.4, 0.5) is 10.1 Å². The fourth-order valence-electron chi connectivity index (χ4n) is 3.51. The minimum Gasteiger partial charge on any atom is -0.483 e. The first kappa shape index (κ1) is 24.5. The molecule has 0 fully saturated rings. The van der Waals surface area contributed by atoms with Crippen molar-refractivity contribution in [3.63, 3.8) is 0 Å². The van der Waals surface area contributed by atoms with Crippen LogP contribution in [-0.4, -0.2) is 26.4 Å². The number of para-hydroxylation sites is 1. The summed E-state index contributed by atoms with van der Waals surface area (Å²) < 4.78 is 21.2. The number of rotatable bonds is 9. The molecule has 1 N–H and O–H groups in total. The number of ether oxygens (including phenoxy) is 1. The molecule has 0 aliphatic heterocycles. The summed E-state index contributed by atoms with van der Waals surface area (Å²) in [6, 6.07) is 23.4. The van der Waals surface area contributed by atoms with Crippen LogP contribution in [0.25, 0.3) is 5.69 Å². The Morgan fingerprint density at radius 1 is 0.971 bits per heavy atom. The summed E-state index contributed by atoms with van der Waals surface area (Å²) >= 11 is 1.27. The van der Waals surface area contributed by atoms with E-state index in [9.17, 15) is 9.18 Å². The molecule has 6 nitrogen and oxygen atoms in total. The van der Waals surface area contributed by atoms with Gasteiger partial charge >= 0.3 is 0 Å². The number of hydrogen-bond donors (Lipinski definition) is 1. The minimum atomic E-state index is -0.380. The highest BCUT2D eigenvalue weighted by Crippen LogP contribution is 2.28. The zero-order chi connectivity index (χ0) is 24.8. The third-order valence-corrected chi connectivity index (χ3v) is 6.29. The molecule has 1 aromatic heterocycles. The number of aromatic nitrogens is 3. The summed E-state index contributed by atoms with van der Waals surface area (Å²) in [6.45, 7) is 6.23. The Morgan fingerprint density at radius 2 is 1.66 bits per heavy atom. The van der Waals surface area contributed by atoms with E-state index < -0.39 is 0 Å². The number of thioether (sulfide) groups is 1. The van der Waals surface area contributed by atoms with Gasteiger partial charge in [-0.1, -0.05) is 55.9 Å². The predicted octanol–water partition coefficient (Wildman–Crippen LogP) is 6.40. The van der Waals surface area contributed by atoms with E-state index in [1.54, 1.807) is 0 Å². The molecule has 1 amide bonds.